The van der Waals surface area contributed by atoms with Gasteiger partial charge in [0.15, 0.2) is 6.10 Å². The molecule has 0 bridgehead atoms. The number of carbonyl (C=O) groups excluding carboxylic acids is 2. The monoisotopic (exact) mass is 369 g/mol. The first kappa shape index (κ1) is 18.2. The minimum absolute atomic E-state index is 0.0533. The first-order valence-corrected chi connectivity index (χ1v) is 7.75. The fraction of sp³-hybridized carbons (Fsp3) is 0.176. The number of hydrogen-bond donors (Lipinski definition) is 0. The molecule has 0 saturated carbocycles. The van der Waals surface area contributed by atoms with Crippen LogP contribution in [0, 0.1) is 5.82 Å². The Kier molecular flexibility index (Phi) is 5.80. The van der Waals surface area contributed by atoms with Gasteiger partial charge in [0.25, 0.3) is 5.91 Å². The van der Waals surface area contributed by atoms with E-state index in [1.807, 2.05) is 6.07 Å². The molecule has 1 atom stereocenters. The van der Waals surface area contributed by atoms with Crippen LogP contribution in [0.25, 0.3) is 0 Å². The second-order valence-corrected chi connectivity index (χ2v) is 5.84. The molecule has 0 N–H and O–H groups in total. The summed E-state index contributed by atoms with van der Waals surface area (Å²) < 4.78 is 18.6. The van der Waals surface area contributed by atoms with Crippen LogP contribution in [0.4, 0.5) is 10.1 Å². The van der Waals surface area contributed by atoms with Crippen LogP contribution in [0.15, 0.2) is 42.5 Å². The Labute approximate surface area is 148 Å². The molecule has 0 aliphatic rings. The van der Waals surface area contributed by atoms with E-state index in [2.05, 4.69) is 0 Å². The van der Waals surface area contributed by atoms with Gasteiger partial charge in [-0.25, -0.2) is 9.18 Å². The van der Waals surface area contributed by atoms with E-state index in [0.29, 0.717) is 5.69 Å². The fourth-order valence-electron chi connectivity index (χ4n) is 2.00. The molecule has 0 fully saturated rings. The summed E-state index contributed by atoms with van der Waals surface area (Å²) in [5, 5.41) is -0.257. The minimum atomic E-state index is -1.07. The molecule has 7 heteroatoms. The second-order valence-electron chi connectivity index (χ2n) is 5.03. The molecule has 1 amide bonds. The van der Waals surface area contributed by atoms with Crippen LogP contribution < -0.4 is 4.90 Å². The van der Waals surface area contributed by atoms with Crippen LogP contribution in [0.5, 0.6) is 0 Å². The first-order chi connectivity index (χ1) is 11.3. The van der Waals surface area contributed by atoms with Gasteiger partial charge in [-0.3, -0.25) is 4.79 Å². The number of carbonyl (C=O) groups is 2. The van der Waals surface area contributed by atoms with Crippen molar-refractivity contribution < 1.29 is 18.7 Å². The van der Waals surface area contributed by atoms with Crippen molar-refractivity contribution >= 4 is 40.8 Å². The van der Waals surface area contributed by atoms with Gasteiger partial charge in [-0.2, -0.15) is 0 Å². The normalized spacial score (nSPS) is 11.7. The molecular weight excluding hydrogens is 356 g/mol. The Morgan fingerprint density at radius 3 is 2.38 bits per heavy atom. The van der Waals surface area contributed by atoms with E-state index in [9.17, 15) is 14.0 Å². The molecule has 0 aliphatic heterocycles. The van der Waals surface area contributed by atoms with E-state index in [1.54, 1.807) is 31.3 Å². The highest BCUT2D eigenvalue weighted by molar-refractivity contribution is 6.36. The number of halogens is 3. The van der Waals surface area contributed by atoms with Crippen LogP contribution >= 0.6 is 23.2 Å². The van der Waals surface area contributed by atoms with Gasteiger partial charge >= 0.3 is 5.97 Å². The van der Waals surface area contributed by atoms with Crippen LogP contribution in [0.1, 0.15) is 17.3 Å². The first-order valence-electron chi connectivity index (χ1n) is 6.99. The maximum absolute atomic E-state index is 13.5. The van der Waals surface area contributed by atoms with Gasteiger partial charge in [0.2, 0.25) is 0 Å². The Morgan fingerprint density at radius 1 is 1.12 bits per heavy atom. The molecule has 2 aromatic carbocycles. The van der Waals surface area contributed by atoms with Crippen molar-refractivity contribution in [2.75, 3.05) is 11.9 Å². The van der Waals surface area contributed by atoms with E-state index < -0.39 is 23.8 Å². The minimum Gasteiger partial charge on any atom is -0.449 e. The average molecular weight is 370 g/mol. The molecule has 0 heterocycles. The Balaban J connectivity index is 2.11. The number of hydrogen-bond acceptors (Lipinski definition) is 3. The number of para-hydroxylation sites is 1. The highest BCUT2D eigenvalue weighted by atomic mass is 35.5. The van der Waals surface area contributed by atoms with Crippen molar-refractivity contribution in [3.63, 3.8) is 0 Å². The highest BCUT2D eigenvalue weighted by Gasteiger charge is 2.24. The van der Waals surface area contributed by atoms with Crippen LogP contribution in [0.3, 0.4) is 0 Å². The summed E-state index contributed by atoms with van der Waals surface area (Å²) in [6.07, 6.45) is -1.07. The third-order valence-corrected chi connectivity index (χ3v) is 3.94. The third-order valence-electron chi connectivity index (χ3n) is 3.34. The summed E-state index contributed by atoms with van der Waals surface area (Å²) in [7, 11) is 1.57. The van der Waals surface area contributed by atoms with E-state index in [0.717, 1.165) is 12.1 Å². The number of amides is 1. The summed E-state index contributed by atoms with van der Waals surface area (Å²) in [6.45, 7) is 1.43. The molecule has 0 aliphatic carbocycles. The summed E-state index contributed by atoms with van der Waals surface area (Å²) in [4.78, 5) is 25.8. The van der Waals surface area contributed by atoms with Crippen LogP contribution in [0.2, 0.25) is 10.0 Å². The van der Waals surface area contributed by atoms with Gasteiger partial charge in [0, 0.05) is 12.7 Å². The largest absolute Gasteiger partial charge is 0.449 e. The Hall–Kier alpha value is -2.11. The fourth-order valence-corrected chi connectivity index (χ4v) is 2.47. The van der Waals surface area contributed by atoms with Gasteiger partial charge in [-0.15, -0.1) is 0 Å². The lowest BCUT2D eigenvalue weighted by molar-refractivity contribution is -0.126. The van der Waals surface area contributed by atoms with Crippen molar-refractivity contribution in [2.45, 2.75) is 13.0 Å². The Morgan fingerprint density at radius 2 is 1.75 bits per heavy atom. The number of anilines is 1. The van der Waals surface area contributed by atoms with Crippen molar-refractivity contribution in [1.29, 1.82) is 0 Å². The average Bonchev–Trinajstić information content (AvgIpc) is 2.57. The Bertz CT molecular complexity index is 768. The predicted molar refractivity (Wildman–Crippen MR) is 91.1 cm³/mol. The number of nitrogens with zero attached hydrogens (tertiary/aromatic N) is 1. The lowest BCUT2D eigenvalue weighted by Gasteiger charge is -2.21. The van der Waals surface area contributed by atoms with Gasteiger partial charge < -0.3 is 9.64 Å². The molecule has 126 valence electrons. The molecular formula is C17H14Cl2FNO3. The molecule has 2 rings (SSSR count). The zero-order chi connectivity index (χ0) is 17.9. The summed E-state index contributed by atoms with van der Waals surface area (Å²) >= 11 is 11.5. The zero-order valence-corrected chi connectivity index (χ0v) is 14.4. The van der Waals surface area contributed by atoms with Gasteiger partial charge in [0.05, 0.1) is 15.6 Å². The number of benzene rings is 2. The molecule has 1 unspecified atom stereocenters. The summed E-state index contributed by atoms with van der Waals surface area (Å²) in [6, 6.07) is 10.9. The molecule has 24 heavy (non-hydrogen) atoms. The smallest absolute Gasteiger partial charge is 0.340 e. The molecule has 0 radical (unpaired) electrons. The number of likely N-dealkylation sites (N-methyl/N-ethyl adjacent to an activating group) is 1. The lowest BCUT2D eigenvalue weighted by Crippen LogP contribution is -2.37. The molecule has 0 saturated heterocycles. The molecule has 0 spiro atoms. The zero-order valence-electron chi connectivity index (χ0n) is 12.9. The van der Waals surface area contributed by atoms with Gasteiger partial charge in [-0.1, -0.05) is 41.4 Å². The predicted octanol–water partition coefficient (Wildman–Crippen LogP) is 4.34. The van der Waals surface area contributed by atoms with Gasteiger partial charge in [0.1, 0.15) is 5.82 Å². The highest BCUT2D eigenvalue weighted by Crippen LogP contribution is 2.25. The number of ether oxygens (including phenoxy) is 1. The van der Waals surface area contributed by atoms with Crippen molar-refractivity contribution in [1.82, 2.24) is 0 Å². The standard InChI is InChI=1S/C17H14Cl2FNO3/c1-10(16(22)21(2)11-6-4-3-5-7-11)24-17(23)12-8-15(20)14(19)9-13(12)18/h3-10H,1-2H3. The molecule has 2 aromatic rings. The van der Waals surface area contributed by atoms with E-state index in [-0.39, 0.29) is 15.6 Å². The van der Waals surface area contributed by atoms with Crippen molar-refractivity contribution in [3.8, 4) is 0 Å². The second kappa shape index (κ2) is 7.64. The van der Waals surface area contributed by atoms with E-state index in [1.165, 1.54) is 11.8 Å². The SMILES string of the molecule is CC(OC(=O)c1cc(F)c(Cl)cc1Cl)C(=O)N(C)c1ccccc1. The summed E-state index contributed by atoms with van der Waals surface area (Å²) in [5.74, 6) is -2.13. The maximum atomic E-state index is 13.5. The summed E-state index contributed by atoms with van der Waals surface area (Å²) in [5.41, 5.74) is 0.460. The quantitative estimate of drug-likeness (QED) is 0.594. The van der Waals surface area contributed by atoms with E-state index in [4.69, 9.17) is 27.9 Å². The number of rotatable bonds is 4. The van der Waals surface area contributed by atoms with E-state index >= 15 is 0 Å². The van der Waals surface area contributed by atoms with Crippen molar-refractivity contribution in [3.05, 3.63) is 63.9 Å². The molecule has 4 nitrogen and oxygen atoms in total. The maximum Gasteiger partial charge on any atom is 0.340 e. The molecule has 0 aromatic heterocycles. The van der Waals surface area contributed by atoms with Crippen molar-refractivity contribution in [2.24, 2.45) is 0 Å². The third kappa shape index (κ3) is 4.04. The van der Waals surface area contributed by atoms with Crippen LogP contribution in [-0.4, -0.2) is 25.0 Å². The lowest BCUT2D eigenvalue weighted by atomic mass is 10.2. The van der Waals surface area contributed by atoms with Crippen LogP contribution in [-0.2, 0) is 9.53 Å². The number of esters is 1. The topological polar surface area (TPSA) is 46.6 Å². The van der Waals surface area contributed by atoms with Gasteiger partial charge in [-0.05, 0) is 31.2 Å².